The molecule has 4 atom stereocenters. The third-order valence-electron chi connectivity index (χ3n) is 8.78. The van der Waals surface area contributed by atoms with Crippen molar-refractivity contribution >= 4 is 46.3 Å². The van der Waals surface area contributed by atoms with E-state index in [1.807, 2.05) is 0 Å². The third-order valence-corrected chi connectivity index (χ3v) is 8.78. The molecule has 8 N–H and O–H groups in total. The molecule has 0 bridgehead atoms. The lowest BCUT2D eigenvalue weighted by molar-refractivity contribution is -0.153. The molecule has 14 heteroatoms. The molecule has 1 fully saturated rings. The molecule has 45 heavy (non-hydrogen) atoms. The number of hydrogen-bond acceptors (Lipinski definition) is 11. The quantitative estimate of drug-likeness (QED) is 0.182. The number of nitrogens with zero attached hydrogens (tertiary/aromatic N) is 2. The Kier molecular flexibility index (Phi) is 7.75. The average molecular weight is 622 g/mol. The fraction of sp³-hybridized carbons (Fsp3) is 0.355. The first-order valence-electron chi connectivity index (χ1n) is 14.1. The predicted octanol–water partition coefficient (Wildman–Crippen LogP) is 1.68. The number of primary amides is 1. The first-order chi connectivity index (χ1) is 21.1. The Morgan fingerprint density at radius 3 is 2.24 bits per heavy atom. The van der Waals surface area contributed by atoms with Crippen LogP contribution < -0.4 is 26.0 Å². The van der Waals surface area contributed by atoms with Crippen LogP contribution in [0.25, 0.3) is 5.76 Å². The van der Waals surface area contributed by atoms with Gasteiger partial charge in [0.2, 0.25) is 5.78 Å². The molecular weight excluding hydrogens is 586 g/mol. The standard InChI is InChI=1S/C31H35N5O9/c1-35(2)19-12-18(34-30(43)33-14-6-8-15(45-5)9-7-14)24(37)21-16(19)10-13-11-17-23(36(3)4)26(39)22(29(32)42)28(41)31(17,44)27(40)20(13)25(21)38/h6-9,12-13,17,23,37-38,41,44H,10-11H2,1-5H3,(H2,32,42)(H2,33,34,43)/t13-,17-,23+,31-/m0/s1. The zero-order valence-electron chi connectivity index (χ0n) is 25.3. The number of benzene rings is 2. The number of methoxy groups -OCH3 is 1. The molecule has 2 aromatic rings. The second-order valence-corrected chi connectivity index (χ2v) is 11.8. The van der Waals surface area contributed by atoms with Crippen molar-refractivity contribution in [3.63, 3.8) is 0 Å². The molecule has 3 amide bonds. The molecule has 3 aliphatic carbocycles. The van der Waals surface area contributed by atoms with Gasteiger partial charge in [0, 0.05) is 37.0 Å². The number of carbonyl (C=O) groups excluding carboxylic acids is 4. The van der Waals surface area contributed by atoms with Crippen molar-refractivity contribution in [3.8, 4) is 11.5 Å². The average Bonchev–Trinajstić information content (AvgIpc) is 2.96. The lowest BCUT2D eigenvalue weighted by Crippen LogP contribution is -2.65. The van der Waals surface area contributed by atoms with Crippen LogP contribution in [-0.4, -0.2) is 95.8 Å². The van der Waals surface area contributed by atoms with Gasteiger partial charge in [0.15, 0.2) is 17.1 Å². The van der Waals surface area contributed by atoms with Gasteiger partial charge in [-0.1, -0.05) is 0 Å². The molecule has 0 heterocycles. The summed E-state index contributed by atoms with van der Waals surface area (Å²) in [6, 6.07) is 6.18. The first kappa shape index (κ1) is 31.3. The minimum atomic E-state index is -2.75. The summed E-state index contributed by atoms with van der Waals surface area (Å²) in [4.78, 5) is 55.6. The summed E-state index contributed by atoms with van der Waals surface area (Å²) in [5.41, 5.74) is 2.65. The van der Waals surface area contributed by atoms with Gasteiger partial charge in [-0.05, 0) is 68.8 Å². The maximum absolute atomic E-state index is 14.1. The Balaban J connectivity index is 1.61. The summed E-state index contributed by atoms with van der Waals surface area (Å²) in [6.45, 7) is 0. The van der Waals surface area contributed by atoms with Crippen LogP contribution in [0.2, 0.25) is 0 Å². The monoisotopic (exact) mass is 621 g/mol. The van der Waals surface area contributed by atoms with Gasteiger partial charge in [-0.25, -0.2) is 4.79 Å². The van der Waals surface area contributed by atoms with Crippen LogP contribution in [0.4, 0.5) is 21.9 Å². The van der Waals surface area contributed by atoms with Crippen molar-refractivity contribution in [2.24, 2.45) is 17.6 Å². The number of aromatic hydroxyl groups is 1. The number of nitrogens with one attached hydrogen (secondary N) is 2. The molecule has 14 nitrogen and oxygen atoms in total. The Morgan fingerprint density at radius 2 is 1.69 bits per heavy atom. The Bertz CT molecular complexity index is 1700. The number of fused-ring (bicyclic) bond motifs is 3. The fourth-order valence-electron chi connectivity index (χ4n) is 6.75. The molecule has 3 aliphatic rings. The highest BCUT2D eigenvalue weighted by atomic mass is 16.5. The van der Waals surface area contributed by atoms with E-state index < -0.39 is 69.8 Å². The number of phenols is 1. The van der Waals surface area contributed by atoms with Crippen molar-refractivity contribution in [1.29, 1.82) is 0 Å². The number of ether oxygens (including phenoxy) is 1. The number of likely N-dealkylation sites (N-methyl/N-ethyl adjacent to an activating group) is 1. The number of hydrogen-bond donors (Lipinski definition) is 7. The lowest BCUT2D eigenvalue weighted by Gasteiger charge is -2.50. The van der Waals surface area contributed by atoms with Crippen molar-refractivity contribution in [3.05, 3.63) is 58.4 Å². The zero-order chi connectivity index (χ0) is 33.1. The Labute approximate surface area is 258 Å². The smallest absolute Gasteiger partial charge is 0.323 e. The summed E-state index contributed by atoms with van der Waals surface area (Å²) in [5.74, 6) is -6.94. The second kappa shape index (κ2) is 11.1. The van der Waals surface area contributed by atoms with Gasteiger partial charge in [0.1, 0.15) is 22.8 Å². The number of aliphatic hydroxyl groups excluding tert-OH is 2. The zero-order valence-corrected chi connectivity index (χ0v) is 25.3. The van der Waals surface area contributed by atoms with E-state index in [1.165, 1.54) is 32.2 Å². The molecule has 2 aromatic carbocycles. The Morgan fingerprint density at radius 1 is 1.04 bits per heavy atom. The van der Waals surface area contributed by atoms with Gasteiger partial charge in [-0.3, -0.25) is 19.3 Å². The largest absolute Gasteiger partial charge is 0.508 e. The molecule has 0 aromatic heterocycles. The van der Waals surface area contributed by atoms with E-state index in [0.29, 0.717) is 22.7 Å². The van der Waals surface area contributed by atoms with Gasteiger partial charge in [-0.15, -0.1) is 0 Å². The number of anilines is 3. The van der Waals surface area contributed by atoms with Gasteiger partial charge in [0.25, 0.3) is 5.91 Å². The number of aliphatic hydroxyl groups is 3. The summed E-state index contributed by atoms with van der Waals surface area (Å²) in [5, 5.41) is 51.0. The molecule has 1 saturated carbocycles. The highest BCUT2D eigenvalue weighted by Crippen LogP contribution is 2.54. The molecule has 0 spiro atoms. The SMILES string of the molecule is COc1ccc(NC(=O)Nc2cc(N(C)C)c3c(c2O)C(O)=C2C(=O)[C@]4(O)C(O)=C(C(N)=O)C(=O)[C@H](N(C)C)[C@@H]4C[C@@H]2C3)cc1. The van der Waals surface area contributed by atoms with Crippen LogP contribution >= 0.6 is 0 Å². The summed E-state index contributed by atoms with van der Waals surface area (Å²) < 4.78 is 5.12. The first-order valence-corrected chi connectivity index (χ1v) is 14.1. The summed E-state index contributed by atoms with van der Waals surface area (Å²) in [7, 11) is 8.04. The van der Waals surface area contributed by atoms with Gasteiger partial charge >= 0.3 is 6.03 Å². The van der Waals surface area contributed by atoms with Crippen molar-refractivity contribution < 1.29 is 44.3 Å². The van der Waals surface area contributed by atoms with Crippen molar-refractivity contribution in [1.82, 2.24) is 4.90 Å². The number of rotatable bonds is 6. The Hall–Kier alpha value is -5.08. The van der Waals surface area contributed by atoms with Gasteiger partial charge in [0.05, 0.1) is 24.4 Å². The van der Waals surface area contributed by atoms with Crippen LogP contribution in [0.5, 0.6) is 11.5 Å². The third kappa shape index (κ3) is 4.82. The van der Waals surface area contributed by atoms with E-state index >= 15 is 0 Å². The van der Waals surface area contributed by atoms with Crippen molar-refractivity contribution in [2.75, 3.05) is 50.8 Å². The van der Waals surface area contributed by atoms with Crippen molar-refractivity contribution in [2.45, 2.75) is 24.5 Å². The molecular formula is C31H35N5O9. The summed E-state index contributed by atoms with van der Waals surface area (Å²) >= 11 is 0. The van der Waals surface area contributed by atoms with Crippen LogP contribution in [-0.2, 0) is 20.8 Å². The van der Waals surface area contributed by atoms with E-state index in [0.717, 1.165) is 0 Å². The fourth-order valence-corrected chi connectivity index (χ4v) is 6.75. The number of ketones is 2. The van der Waals surface area contributed by atoms with Gasteiger partial charge in [-0.2, -0.15) is 0 Å². The molecule has 238 valence electrons. The number of urea groups is 1. The van der Waals surface area contributed by atoms with E-state index in [2.05, 4.69) is 10.6 Å². The minimum Gasteiger partial charge on any atom is -0.508 e. The van der Waals surface area contributed by atoms with E-state index in [1.54, 1.807) is 43.3 Å². The molecule has 0 aliphatic heterocycles. The minimum absolute atomic E-state index is 0.0380. The molecule has 0 saturated heterocycles. The number of amides is 3. The van der Waals surface area contributed by atoms with Gasteiger partial charge < -0.3 is 46.4 Å². The maximum atomic E-state index is 14.1. The van der Waals surface area contributed by atoms with E-state index in [9.17, 15) is 39.6 Å². The predicted molar refractivity (Wildman–Crippen MR) is 164 cm³/mol. The maximum Gasteiger partial charge on any atom is 0.323 e. The summed E-state index contributed by atoms with van der Waals surface area (Å²) in [6.07, 6.45) is 0.0671. The highest BCUT2D eigenvalue weighted by Gasteiger charge is 2.64. The normalized spacial score (nSPS) is 24.1. The number of phenolic OH excluding ortho intramolecular Hbond substituents is 1. The molecule has 0 unspecified atom stereocenters. The van der Waals surface area contributed by atoms with Crippen LogP contribution in [0.15, 0.2) is 47.2 Å². The number of carbonyl (C=O) groups is 4. The van der Waals surface area contributed by atoms with E-state index in [-0.39, 0.29) is 29.7 Å². The van der Waals surface area contributed by atoms with Crippen LogP contribution in [0.1, 0.15) is 17.5 Å². The lowest BCUT2D eigenvalue weighted by atomic mass is 9.57. The van der Waals surface area contributed by atoms with Crippen LogP contribution in [0, 0.1) is 11.8 Å². The van der Waals surface area contributed by atoms with E-state index in [4.69, 9.17) is 10.5 Å². The molecule has 5 rings (SSSR count). The topological polar surface area (TPSA) is 215 Å². The second-order valence-electron chi connectivity index (χ2n) is 11.8. The molecule has 0 radical (unpaired) electrons. The highest BCUT2D eigenvalue weighted by molar-refractivity contribution is 6.24. The number of Topliss-reactive ketones (excluding diaryl/α,β-unsaturated/α-hetero) is 2. The number of nitrogens with two attached hydrogens (primary N) is 1. The van der Waals surface area contributed by atoms with Crippen LogP contribution in [0.3, 0.4) is 0 Å².